The minimum absolute atomic E-state index is 0.117. The Bertz CT molecular complexity index is 892. The van der Waals surface area contributed by atoms with Crippen molar-refractivity contribution < 1.29 is 42.9 Å². The van der Waals surface area contributed by atoms with Crippen molar-refractivity contribution in [2.45, 2.75) is 84.3 Å². The molecule has 0 radical (unpaired) electrons. The first-order chi connectivity index (χ1) is 17.2. The van der Waals surface area contributed by atoms with E-state index in [0.29, 0.717) is 17.6 Å². The van der Waals surface area contributed by atoms with Crippen LogP contribution in [0.5, 0.6) is 0 Å². The molecule has 206 valence electrons. The standard InChI is InChI=1S/C27H39NO9/c1-18-22(34-14-13-29)20(15-19-11-9-8-10-12-19)16-33-17-21(23(30)35-18)28(24(31)36-26(2,3)4)25(32)37-27(5,6)7/h8-13,18,20-22H,14-17H2,1-7H3/t18-,20-,21-,22-/m0/s1. The molecule has 2 amide bonds. The number of cyclic esters (lactones) is 1. The Morgan fingerprint density at radius 2 is 1.57 bits per heavy atom. The highest BCUT2D eigenvalue weighted by atomic mass is 16.6. The van der Waals surface area contributed by atoms with Gasteiger partial charge in [-0.15, -0.1) is 0 Å². The van der Waals surface area contributed by atoms with Gasteiger partial charge in [-0.25, -0.2) is 14.4 Å². The van der Waals surface area contributed by atoms with Crippen molar-refractivity contribution in [3.8, 4) is 0 Å². The van der Waals surface area contributed by atoms with E-state index in [4.69, 9.17) is 23.7 Å². The first-order valence-corrected chi connectivity index (χ1v) is 12.3. The lowest BCUT2D eigenvalue weighted by atomic mass is 9.91. The molecule has 0 bridgehead atoms. The summed E-state index contributed by atoms with van der Waals surface area (Å²) in [5.74, 6) is -1.18. The van der Waals surface area contributed by atoms with Crippen molar-refractivity contribution in [1.82, 2.24) is 4.90 Å². The van der Waals surface area contributed by atoms with E-state index in [9.17, 15) is 19.2 Å². The van der Waals surface area contributed by atoms with E-state index in [0.717, 1.165) is 5.56 Å². The molecule has 37 heavy (non-hydrogen) atoms. The minimum atomic E-state index is -1.46. The van der Waals surface area contributed by atoms with Gasteiger partial charge in [-0.05, 0) is 60.5 Å². The molecule has 10 heteroatoms. The summed E-state index contributed by atoms with van der Waals surface area (Å²) in [7, 11) is 0. The number of carbonyl (C=O) groups excluding carboxylic acids is 4. The van der Waals surface area contributed by atoms with E-state index in [1.54, 1.807) is 48.5 Å². The van der Waals surface area contributed by atoms with Crippen LogP contribution in [0.4, 0.5) is 9.59 Å². The molecule has 0 aliphatic carbocycles. The molecule has 0 aromatic heterocycles. The molecular formula is C27H39NO9. The van der Waals surface area contributed by atoms with Crippen molar-refractivity contribution in [3.05, 3.63) is 35.9 Å². The summed E-state index contributed by atoms with van der Waals surface area (Å²) < 4.78 is 28.2. The molecule has 2 rings (SSSR count). The lowest BCUT2D eigenvalue weighted by Gasteiger charge is -2.32. The summed E-state index contributed by atoms with van der Waals surface area (Å²) in [6.45, 7) is 11.1. The highest BCUT2D eigenvalue weighted by Crippen LogP contribution is 2.25. The summed E-state index contributed by atoms with van der Waals surface area (Å²) in [6, 6.07) is 8.16. The van der Waals surface area contributed by atoms with E-state index >= 15 is 0 Å². The number of benzene rings is 1. The van der Waals surface area contributed by atoms with Crippen molar-refractivity contribution in [2.24, 2.45) is 5.92 Å². The number of hydrogen-bond acceptors (Lipinski definition) is 9. The van der Waals surface area contributed by atoms with Crippen LogP contribution in [0, 0.1) is 5.92 Å². The van der Waals surface area contributed by atoms with Crippen molar-refractivity contribution in [2.75, 3.05) is 19.8 Å². The zero-order chi connectivity index (χ0) is 27.8. The van der Waals surface area contributed by atoms with Crippen LogP contribution in [0.2, 0.25) is 0 Å². The second-order valence-electron chi connectivity index (χ2n) is 10.9. The van der Waals surface area contributed by atoms with Crippen LogP contribution in [0.25, 0.3) is 0 Å². The van der Waals surface area contributed by atoms with Gasteiger partial charge in [0.25, 0.3) is 0 Å². The van der Waals surface area contributed by atoms with E-state index in [-0.39, 0.29) is 25.7 Å². The number of amides is 2. The molecule has 1 aliphatic rings. The number of ether oxygens (including phenoxy) is 5. The first-order valence-electron chi connectivity index (χ1n) is 12.3. The second-order valence-corrected chi connectivity index (χ2v) is 10.9. The van der Waals surface area contributed by atoms with Crippen molar-refractivity contribution in [1.29, 1.82) is 0 Å². The number of carbonyl (C=O) groups is 4. The van der Waals surface area contributed by atoms with Crippen LogP contribution in [0.15, 0.2) is 30.3 Å². The van der Waals surface area contributed by atoms with Gasteiger partial charge < -0.3 is 28.5 Å². The summed E-state index contributed by atoms with van der Waals surface area (Å²) in [5.41, 5.74) is -0.875. The molecule has 1 saturated heterocycles. The minimum Gasteiger partial charge on any atom is -0.458 e. The monoisotopic (exact) mass is 521 g/mol. The van der Waals surface area contributed by atoms with Crippen LogP contribution in [-0.2, 0) is 39.7 Å². The molecular weight excluding hydrogens is 482 g/mol. The van der Waals surface area contributed by atoms with E-state index in [1.807, 2.05) is 30.3 Å². The fourth-order valence-corrected chi connectivity index (χ4v) is 3.85. The molecule has 4 atom stereocenters. The Kier molecular flexibility index (Phi) is 10.6. The van der Waals surface area contributed by atoms with Gasteiger partial charge >= 0.3 is 18.2 Å². The third-order valence-corrected chi connectivity index (χ3v) is 5.30. The van der Waals surface area contributed by atoms with Crippen LogP contribution in [-0.4, -0.2) is 78.6 Å². The fraction of sp³-hybridized carbons (Fsp3) is 0.630. The molecule has 0 spiro atoms. The quantitative estimate of drug-likeness (QED) is 0.312. The molecule has 1 aromatic rings. The maximum absolute atomic E-state index is 13.3. The average Bonchev–Trinajstić information content (AvgIpc) is 2.80. The maximum Gasteiger partial charge on any atom is 0.420 e. The lowest BCUT2D eigenvalue weighted by Crippen LogP contribution is -2.54. The van der Waals surface area contributed by atoms with Crippen LogP contribution in [0.3, 0.4) is 0 Å². The SMILES string of the molecule is C[C@@H]1OC(=O)[C@@H](N(C(=O)OC(C)(C)C)C(=O)OC(C)(C)C)COC[C@H](Cc2ccccc2)[C@H]1OCC=O. The molecule has 0 N–H and O–H groups in total. The normalized spacial score (nSPS) is 23.1. The average molecular weight is 522 g/mol. The summed E-state index contributed by atoms with van der Waals surface area (Å²) in [4.78, 5) is 51.1. The Morgan fingerprint density at radius 1 is 1.00 bits per heavy atom. The largest absolute Gasteiger partial charge is 0.458 e. The van der Waals surface area contributed by atoms with Gasteiger partial charge in [0.2, 0.25) is 0 Å². The van der Waals surface area contributed by atoms with Crippen LogP contribution < -0.4 is 0 Å². The summed E-state index contributed by atoms with van der Waals surface area (Å²) in [6.07, 6.45) is -2.47. The summed E-state index contributed by atoms with van der Waals surface area (Å²) in [5, 5.41) is 0. The van der Waals surface area contributed by atoms with Crippen molar-refractivity contribution >= 4 is 24.4 Å². The lowest BCUT2D eigenvalue weighted by molar-refractivity contribution is -0.163. The van der Waals surface area contributed by atoms with Crippen molar-refractivity contribution in [3.63, 3.8) is 0 Å². The van der Waals surface area contributed by atoms with E-state index in [2.05, 4.69) is 0 Å². The molecule has 1 aliphatic heterocycles. The molecule has 1 heterocycles. The Balaban J connectivity index is 2.39. The molecule has 0 saturated carbocycles. The number of rotatable bonds is 6. The zero-order valence-electron chi connectivity index (χ0n) is 22.7. The van der Waals surface area contributed by atoms with E-state index in [1.165, 1.54) is 0 Å². The second kappa shape index (κ2) is 13.0. The molecule has 10 nitrogen and oxygen atoms in total. The Hall–Kier alpha value is -2.98. The molecule has 1 aromatic carbocycles. The maximum atomic E-state index is 13.3. The smallest absolute Gasteiger partial charge is 0.420 e. The highest BCUT2D eigenvalue weighted by molar-refractivity contribution is 5.94. The zero-order valence-corrected chi connectivity index (χ0v) is 22.7. The predicted molar refractivity (Wildman–Crippen MR) is 134 cm³/mol. The number of esters is 1. The van der Waals surface area contributed by atoms with Gasteiger partial charge in [0.15, 0.2) is 6.04 Å². The summed E-state index contributed by atoms with van der Waals surface area (Å²) >= 11 is 0. The van der Waals surface area contributed by atoms with Gasteiger partial charge in [-0.1, -0.05) is 30.3 Å². The van der Waals surface area contributed by atoms with E-state index < -0.39 is 47.6 Å². The molecule has 0 unspecified atom stereocenters. The van der Waals surface area contributed by atoms with Gasteiger partial charge in [0.1, 0.15) is 36.3 Å². The topological polar surface area (TPSA) is 118 Å². The molecule has 1 fully saturated rings. The Labute approximate surface area is 218 Å². The third-order valence-electron chi connectivity index (χ3n) is 5.30. The predicted octanol–water partition coefficient (Wildman–Crippen LogP) is 3.93. The van der Waals surface area contributed by atoms with Crippen LogP contribution >= 0.6 is 0 Å². The van der Waals surface area contributed by atoms with Gasteiger partial charge in [0, 0.05) is 5.92 Å². The Morgan fingerprint density at radius 3 is 2.08 bits per heavy atom. The van der Waals surface area contributed by atoms with Crippen LogP contribution in [0.1, 0.15) is 54.0 Å². The number of nitrogens with zero attached hydrogens (tertiary/aromatic N) is 1. The fourth-order valence-electron chi connectivity index (χ4n) is 3.85. The first kappa shape index (κ1) is 30.2. The highest BCUT2D eigenvalue weighted by Gasteiger charge is 2.44. The number of aldehydes is 1. The third kappa shape index (κ3) is 9.77. The van der Waals surface area contributed by atoms with Gasteiger partial charge in [0.05, 0.1) is 13.2 Å². The number of hydrogen-bond donors (Lipinski definition) is 0. The van der Waals surface area contributed by atoms with Gasteiger partial charge in [-0.3, -0.25) is 0 Å². The van der Waals surface area contributed by atoms with Gasteiger partial charge in [-0.2, -0.15) is 4.90 Å². The number of imide groups is 1.